The lowest BCUT2D eigenvalue weighted by atomic mass is 10.1. The van der Waals surface area contributed by atoms with Gasteiger partial charge in [-0.2, -0.15) is 0 Å². The molecule has 1 saturated carbocycles. The summed E-state index contributed by atoms with van der Waals surface area (Å²) in [5, 5.41) is 1.57. The highest BCUT2D eigenvalue weighted by molar-refractivity contribution is 7.48. The molecule has 0 aromatic heterocycles. The quantitative estimate of drug-likeness (QED) is 0.637. The number of hydrogen-bond donors (Lipinski definition) is 0. The second-order valence-electron chi connectivity index (χ2n) is 5.61. The Morgan fingerprint density at radius 1 is 0.667 bits per heavy atom. The molecule has 1 heteroatoms. The van der Waals surface area contributed by atoms with Gasteiger partial charge in [-0.25, -0.2) is 0 Å². The average Bonchev–Trinajstić information content (AvgIpc) is 2.46. The summed E-state index contributed by atoms with van der Waals surface area (Å²) in [4.78, 5) is 0. The summed E-state index contributed by atoms with van der Waals surface area (Å²) >= 11 is 0. The molecule has 0 radical (unpaired) electrons. The zero-order valence-electron chi connectivity index (χ0n) is 11.5. The molecule has 18 heavy (non-hydrogen) atoms. The van der Waals surface area contributed by atoms with Gasteiger partial charge in [-0.1, -0.05) is 90.3 Å². The Morgan fingerprint density at radius 2 is 1.17 bits per heavy atom. The van der Waals surface area contributed by atoms with Crippen molar-refractivity contribution in [1.29, 1.82) is 0 Å². The van der Waals surface area contributed by atoms with Gasteiger partial charge in [0.05, 0.1) is 0 Å². The molecule has 0 nitrogen and oxygen atoms in total. The number of benzene rings is 1. The molecule has 2 rings (SSSR count). The summed E-state index contributed by atoms with van der Waals surface area (Å²) in [5.41, 5.74) is 0.963. The third-order valence-corrected chi connectivity index (χ3v) is 5.65. The van der Waals surface area contributed by atoms with E-state index in [1.54, 1.807) is 5.30 Å². The van der Waals surface area contributed by atoms with Crippen molar-refractivity contribution in [2.75, 3.05) is 0 Å². The first-order chi connectivity index (χ1) is 8.95. The van der Waals surface area contributed by atoms with Crippen LogP contribution in [0.1, 0.15) is 64.2 Å². The minimum Gasteiger partial charge on any atom is -0.0872 e. The second-order valence-corrected chi connectivity index (χ2v) is 7.30. The molecule has 0 aliphatic heterocycles. The Bertz CT molecular complexity index is 295. The third kappa shape index (κ3) is 5.53. The second kappa shape index (κ2) is 8.70. The largest absolute Gasteiger partial charge is 0.0872 e. The highest BCUT2D eigenvalue weighted by Gasteiger charge is 2.10. The van der Waals surface area contributed by atoms with Gasteiger partial charge in [-0.15, -0.1) is 0 Å². The molecule has 100 valence electrons. The topological polar surface area (TPSA) is 0 Å². The number of rotatable bonds is 2. The highest BCUT2D eigenvalue weighted by Crippen LogP contribution is 2.29. The molecule has 1 fully saturated rings. The van der Waals surface area contributed by atoms with Crippen molar-refractivity contribution in [2.24, 2.45) is 0 Å². The zero-order valence-corrected chi connectivity index (χ0v) is 12.5. The lowest BCUT2D eigenvalue weighted by molar-refractivity contribution is 0.585. The lowest BCUT2D eigenvalue weighted by Gasteiger charge is -2.16. The van der Waals surface area contributed by atoms with Crippen LogP contribution >= 0.6 is 8.58 Å². The van der Waals surface area contributed by atoms with E-state index in [9.17, 15) is 0 Å². The van der Waals surface area contributed by atoms with Crippen LogP contribution in [0.15, 0.2) is 30.3 Å². The van der Waals surface area contributed by atoms with Gasteiger partial charge >= 0.3 is 0 Å². The molecule has 1 aliphatic rings. The van der Waals surface area contributed by atoms with Gasteiger partial charge < -0.3 is 0 Å². The van der Waals surface area contributed by atoms with E-state index < -0.39 is 0 Å². The first-order valence-corrected chi connectivity index (χ1v) is 8.84. The molecular weight excluding hydrogens is 235 g/mol. The molecule has 1 aromatic carbocycles. The van der Waals surface area contributed by atoms with Crippen LogP contribution in [0.25, 0.3) is 0 Å². The normalized spacial score (nSPS) is 20.9. The molecular formula is C17H27P. The van der Waals surface area contributed by atoms with Crippen LogP contribution in [0, 0.1) is 0 Å². The van der Waals surface area contributed by atoms with E-state index in [-0.39, 0.29) is 0 Å². The van der Waals surface area contributed by atoms with Gasteiger partial charge in [0.25, 0.3) is 0 Å². The van der Waals surface area contributed by atoms with E-state index in [1.165, 1.54) is 64.2 Å². The molecule has 0 bridgehead atoms. The van der Waals surface area contributed by atoms with E-state index in [0.29, 0.717) is 0 Å². The van der Waals surface area contributed by atoms with Crippen LogP contribution < -0.4 is 5.30 Å². The summed E-state index contributed by atoms with van der Waals surface area (Å²) in [6.07, 6.45) is 14.7. The predicted molar refractivity (Wildman–Crippen MR) is 84.3 cm³/mol. The molecule has 1 aliphatic carbocycles. The van der Waals surface area contributed by atoms with E-state index in [4.69, 9.17) is 0 Å². The lowest BCUT2D eigenvalue weighted by Crippen LogP contribution is -2.06. The van der Waals surface area contributed by atoms with Crippen LogP contribution in [0.2, 0.25) is 0 Å². The SMILES string of the molecule is c1ccc(PC2CCCCCCCCCC2)cc1. The minimum atomic E-state index is 0.963. The molecule has 0 spiro atoms. The Hall–Kier alpha value is -0.350. The Morgan fingerprint density at radius 3 is 1.72 bits per heavy atom. The minimum absolute atomic E-state index is 0.963. The first-order valence-electron chi connectivity index (χ1n) is 7.77. The highest BCUT2D eigenvalue weighted by atomic mass is 31.1. The van der Waals surface area contributed by atoms with Crippen LogP contribution in [-0.2, 0) is 0 Å². The molecule has 1 unspecified atom stereocenters. The fourth-order valence-corrected chi connectivity index (χ4v) is 4.45. The molecule has 0 saturated heterocycles. The van der Waals surface area contributed by atoms with E-state index in [1.807, 2.05) is 0 Å². The van der Waals surface area contributed by atoms with Gasteiger partial charge in [0.1, 0.15) is 0 Å². The fraction of sp³-hybridized carbons (Fsp3) is 0.647. The van der Waals surface area contributed by atoms with Crippen molar-refractivity contribution in [3.8, 4) is 0 Å². The maximum absolute atomic E-state index is 2.31. The van der Waals surface area contributed by atoms with Crippen LogP contribution in [0.5, 0.6) is 0 Å². The molecule has 1 atom stereocenters. The summed E-state index contributed by atoms with van der Waals surface area (Å²) in [6.45, 7) is 0. The van der Waals surface area contributed by atoms with Crippen molar-refractivity contribution in [3.63, 3.8) is 0 Å². The summed E-state index contributed by atoms with van der Waals surface area (Å²) in [7, 11) is 1.04. The zero-order chi connectivity index (χ0) is 12.5. The van der Waals surface area contributed by atoms with E-state index in [2.05, 4.69) is 30.3 Å². The standard InChI is InChI=1S/C17H27P/c1-2-4-6-9-13-16(12-8-5-3-1)18-17-14-10-7-11-15-17/h7,10-11,14-16,18H,1-6,8-9,12-13H2. The van der Waals surface area contributed by atoms with Crippen LogP contribution in [-0.4, -0.2) is 5.66 Å². The van der Waals surface area contributed by atoms with Crippen LogP contribution in [0.4, 0.5) is 0 Å². The fourth-order valence-electron chi connectivity index (χ4n) is 2.90. The van der Waals surface area contributed by atoms with Crippen molar-refractivity contribution < 1.29 is 0 Å². The Balaban J connectivity index is 1.83. The van der Waals surface area contributed by atoms with Crippen LogP contribution in [0.3, 0.4) is 0 Å². The van der Waals surface area contributed by atoms with Crippen molar-refractivity contribution >= 4 is 13.9 Å². The van der Waals surface area contributed by atoms with Crippen molar-refractivity contribution in [3.05, 3.63) is 30.3 Å². The average molecular weight is 262 g/mol. The molecule has 0 heterocycles. The van der Waals surface area contributed by atoms with Gasteiger partial charge in [-0.05, 0) is 23.8 Å². The van der Waals surface area contributed by atoms with Crippen molar-refractivity contribution in [1.82, 2.24) is 0 Å². The predicted octanol–water partition coefficient (Wildman–Crippen LogP) is 5.27. The molecule has 1 aromatic rings. The van der Waals surface area contributed by atoms with Gasteiger partial charge in [0.15, 0.2) is 0 Å². The monoisotopic (exact) mass is 262 g/mol. The summed E-state index contributed by atoms with van der Waals surface area (Å²) < 4.78 is 0. The Labute approximate surface area is 114 Å². The maximum Gasteiger partial charge on any atom is -0.0196 e. The molecule has 0 N–H and O–H groups in total. The van der Waals surface area contributed by atoms with E-state index in [0.717, 1.165) is 14.2 Å². The molecule has 0 amide bonds. The van der Waals surface area contributed by atoms with Gasteiger partial charge in [0, 0.05) is 0 Å². The van der Waals surface area contributed by atoms with Gasteiger partial charge in [-0.3, -0.25) is 0 Å². The number of hydrogen-bond acceptors (Lipinski definition) is 0. The van der Waals surface area contributed by atoms with Gasteiger partial charge in [0.2, 0.25) is 0 Å². The maximum atomic E-state index is 2.31. The Kier molecular flexibility index (Phi) is 6.80. The smallest absolute Gasteiger partial charge is 0.0196 e. The third-order valence-electron chi connectivity index (χ3n) is 4.00. The first kappa shape index (κ1) is 14.1. The van der Waals surface area contributed by atoms with Crippen molar-refractivity contribution in [2.45, 2.75) is 69.9 Å². The summed E-state index contributed by atoms with van der Waals surface area (Å²) in [5.74, 6) is 0. The van der Waals surface area contributed by atoms with E-state index >= 15 is 0 Å². The summed E-state index contributed by atoms with van der Waals surface area (Å²) in [6, 6.07) is 11.1.